The first-order chi connectivity index (χ1) is 8.00. The molecule has 0 saturated heterocycles. The maximum absolute atomic E-state index is 12.5. The highest BCUT2D eigenvalue weighted by atomic mass is 19.4. The lowest BCUT2D eigenvalue weighted by atomic mass is 9.91. The van der Waals surface area contributed by atoms with Gasteiger partial charge >= 0.3 is 6.18 Å². The highest BCUT2D eigenvalue weighted by Gasteiger charge is 2.31. The van der Waals surface area contributed by atoms with Gasteiger partial charge in [0.15, 0.2) is 0 Å². The Morgan fingerprint density at radius 1 is 1.35 bits per heavy atom. The number of hydrogen-bond acceptors (Lipinski definition) is 2. The average molecular weight is 245 g/mol. The summed E-state index contributed by atoms with van der Waals surface area (Å²) < 4.78 is 37.5. The third-order valence-electron chi connectivity index (χ3n) is 3.06. The van der Waals surface area contributed by atoms with Gasteiger partial charge in [-0.15, -0.1) is 0 Å². The predicted octanol–water partition coefficient (Wildman–Crippen LogP) is 2.67. The van der Waals surface area contributed by atoms with Crippen LogP contribution >= 0.6 is 0 Å². The summed E-state index contributed by atoms with van der Waals surface area (Å²) in [5, 5.41) is 11.8. The van der Waals surface area contributed by atoms with Crippen LogP contribution in [0.25, 0.3) is 0 Å². The Balaban J connectivity index is 2.20. The third-order valence-corrected chi connectivity index (χ3v) is 3.06. The van der Waals surface area contributed by atoms with Gasteiger partial charge in [-0.05, 0) is 36.5 Å². The molecule has 0 spiro atoms. The van der Waals surface area contributed by atoms with E-state index in [1.807, 2.05) is 0 Å². The van der Waals surface area contributed by atoms with E-state index in [9.17, 15) is 13.2 Å². The van der Waals surface area contributed by atoms with Gasteiger partial charge in [-0.3, -0.25) is 0 Å². The lowest BCUT2D eigenvalue weighted by molar-refractivity contribution is -0.137. The first-order valence-electron chi connectivity index (χ1n) is 5.55. The minimum atomic E-state index is -4.29. The van der Waals surface area contributed by atoms with E-state index in [0.29, 0.717) is 24.6 Å². The highest BCUT2D eigenvalue weighted by molar-refractivity contribution is 5.55. The van der Waals surface area contributed by atoms with Gasteiger partial charge in [-0.1, -0.05) is 6.07 Å². The van der Waals surface area contributed by atoms with E-state index in [1.165, 1.54) is 6.07 Å². The van der Waals surface area contributed by atoms with Crippen molar-refractivity contribution in [1.29, 1.82) is 0 Å². The van der Waals surface area contributed by atoms with Gasteiger partial charge in [-0.2, -0.15) is 13.2 Å². The van der Waals surface area contributed by atoms with Gasteiger partial charge in [-0.25, -0.2) is 0 Å². The second-order valence-corrected chi connectivity index (χ2v) is 4.33. The fourth-order valence-corrected chi connectivity index (χ4v) is 2.12. The predicted molar refractivity (Wildman–Crippen MR) is 58.8 cm³/mol. The standard InChI is InChI=1S/C12H14F3NO/c13-12(14,15)10-2-1-9-5-8(3-4-17)7-16-11(9)6-10/h1-2,6,8,16-17H,3-5,7H2. The van der Waals surface area contributed by atoms with Crippen LogP contribution in [0.1, 0.15) is 17.5 Å². The van der Waals surface area contributed by atoms with Crippen LogP contribution in [0, 0.1) is 5.92 Å². The summed E-state index contributed by atoms with van der Waals surface area (Å²) in [4.78, 5) is 0. The van der Waals surface area contributed by atoms with Crippen molar-refractivity contribution in [1.82, 2.24) is 0 Å². The molecular weight excluding hydrogens is 231 g/mol. The van der Waals surface area contributed by atoms with Crippen LogP contribution in [0.2, 0.25) is 0 Å². The summed E-state index contributed by atoms with van der Waals surface area (Å²) >= 11 is 0. The number of hydrogen-bond donors (Lipinski definition) is 2. The molecule has 2 N–H and O–H groups in total. The molecule has 1 heterocycles. The summed E-state index contributed by atoms with van der Waals surface area (Å²) in [5.41, 5.74) is 0.834. The maximum atomic E-state index is 12.5. The van der Waals surface area contributed by atoms with Crippen LogP contribution in [0.5, 0.6) is 0 Å². The Hall–Kier alpha value is -1.23. The molecule has 1 atom stereocenters. The van der Waals surface area contributed by atoms with Crippen molar-refractivity contribution in [3.8, 4) is 0 Å². The SMILES string of the molecule is OCCC1CNc2cc(C(F)(F)F)ccc2C1. The molecule has 0 radical (unpaired) electrons. The fourth-order valence-electron chi connectivity index (χ4n) is 2.12. The van der Waals surface area contributed by atoms with E-state index in [-0.39, 0.29) is 6.61 Å². The molecule has 1 aromatic rings. The Kier molecular flexibility index (Phi) is 3.28. The van der Waals surface area contributed by atoms with Gasteiger partial charge in [0.1, 0.15) is 0 Å². The van der Waals surface area contributed by atoms with Crippen LogP contribution < -0.4 is 5.32 Å². The number of rotatable bonds is 2. The Labute approximate surface area is 97.5 Å². The molecule has 0 fully saturated rings. The molecule has 0 bridgehead atoms. The topological polar surface area (TPSA) is 32.3 Å². The van der Waals surface area contributed by atoms with Crippen molar-refractivity contribution in [2.24, 2.45) is 5.92 Å². The summed E-state index contributed by atoms with van der Waals surface area (Å²) in [6.07, 6.45) is -2.90. The number of anilines is 1. The molecule has 2 rings (SSSR count). The summed E-state index contributed by atoms with van der Waals surface area (Å²) in [5.74, 6) is 0.296. The van der Waals surface area contributed by atoms with E-state index < -0.39 is 11.7 Å². The van der Waals surface area contributed by atoms with Gasteiger partial charge < -0.3 is 10.4 Å². The van der Waals surface area contributed by atoms with Crippen molar-refractivity contribution in [2.75, 3.05) is 18.5 Å². The molecule has 0 aromatic heterocycles. The van der Waals surface area contributed by atoms with Crippen LogP contribution in [0.3, 0.4) is 0 Å². The first-order valence-corrected chi connectivity index (χ1v) is 5.55. The van der Waals surface area contributed by atoms with E-state index in [2.05, 4.69) is 5.32 Å². The van der Waals surface area contributed by atoms with Gasteiger partial charge in [0.05, 0.1) is 5.56 Å². The van der Waals surface area contributed by atoms with Gasteiger partial charge in [0.25, 0.3) is 0 Å². The molecule has 2 nitrogen and oxygen atoms in total. The normalized spacial score (nSPS) is 19.6. The Morgan fingerprint density at radius 3 is 2.76 bits per heavy atom. The number of alkyl halides is 3. The zero-order valence-corrected chi connectivity index (χ0v) is 9.22. The second-order valence-electron chi connectivity index (χ2n) is 4.33. The molecule has 1 aliphatic rings. The zero-order valence-electron chi connectivity index (χ0n) is 9.22. The minimum absolute atomic E-state index is 0.113. The number of aliphatic hydroxyl groups is 1. The number of fused-ring (bicyclic) bond motifs is 1. The molecule has 0 amide bonds. The largest absolute Gasteiger partial charge is 0.416 e. The van der Waals surface area contributed by atoms with Crippen LogP contribution in [-0.4, -0.2) is 18.3 Å². The zero-order chi connectivity index (χ0) is 12.5. The molecule has 0 aliphatic carbocycles. The number of nitrogens with one attached hydrogen (secondary N) is 1. The second kappa shape index (κ2) is 4.56. The monoisotopic (exact) mass is 245 g/mol. The number of aliphatic hydroxyl groups excluding tert-OH is 1. The van der Waals surface area contributed by atoms with Crippen molar-refractivity contribution in [2.45, 2.75) is 19.0 Å². The average Bonchev–Trinajstić information content (AvgIpc) is 2.27. The van der Waals surface area contributed by atoms with Crippen LogP contribution in [0.4, 0.5) is 18.9 Å². The van der Waals surface area contributed by atoms with Crippen molar-refractivity contribution in [3.63, 3.8) is 0 Å². The van der Waals surface area contributed by atoms with E-state index >= 15 is 0 Å². The van der Waals surface area contributed by atoms with Crippen LogP contribution in [0.15, 0.2) is 18.2 Å². The van der Waals surface area contributed by atoms with Gasteiger partial charge in [0, 0.05) is 18.8 Å². The fraction of sp³-hybridized carbons (Fsp3) is 0.500. The molecule has 1 aromatic carbocycles. The molecular formula is C12H14F3NO. The van der Waals surface area contributed by atoms with E-state index in [0.717, 1.165) is 24.1 Å². The first kappa shape index (κ1) is 12.2. The Morgan fingerprint density at radius 2 is 2.12 bits per heavy atom. The molecule has 5 heteroatoms. The lowest BCUT2D eigenvalue weighted by Gasteiger charge is -2.26. The number of benzene rings is 1. The summed E-state index contributed by atoms with van der Waals surface area (Å²) in [6.45, 7) is 0.733. The number of halogens is 3. The molecule has 17 heavy (non-hydrogen) atoms. The minimum Gasteiger partial charge on any atom is -0.396 e. The van der Waals surface area contributed by atoms with Gasteiger partial charge in [0.2, 0.25) is 0 Å². The van der Waals surface area contributed by atoms with E-state index in [1.54, 1.807) is 0 Å². The smallest absolute Gasteiger partial charge is 0.396 e. The summed E-state index contributed by atoms with van der Waals surface area (Å²) in [7, 11) is 0. The van der Waals surface area contributed by atoms with E-state index in [4.69, 9.17) is 5.11 Å². The highest BCUT2D eigenvalue weighted by Crippen LogP contribution is 2.34. The summed E-state index contributed by atoms with van der Waals surface area (Å²) in [6, 6.07) is 3.79. The molecule has 1 aliphatic heterocycles. The third kappa shape index (κ3) is 2.72. The molecule has 0 saturated carbocycles. The molecule has 1 unspecified atom stereocenters. The van der Waals surface area contributed by atoms with Crippen molar-refractivity contribution >= 4 is 5.69 Å². The maximum Gasteiger partial charge on any atom is 0.416 e. The quantitative estimate of drug-likeness (QED) is 0.839. The van der Waals surface area contributed by atoms with Crippen LogP contribution in [-0.2, 0) is 12.6 Å². The van der Waals surface area contributed by atoms with Crippen molar-refractivity contribution in [3.05, 3.63) is 29.3 Å². The lowest BCUT2D eigenvalue weighted by Crippen LogP contribution is -2.24. The molecule has 94 valence electrons. The Bertz CT molecular complexity index is 403. The van der Waals surface area contributed by atoms with Crippen molar-refractivity contribution < 1.29 is 18.3 Å².